The number of carbonyl (C=O) groups excluding carboxylic acids is 1. The molecule has 0 spiro atoms. The summed E-state index contributed by atoms with van der Waals surface area (Å²) in [6, 6.07) is 0. The van der Waals surface area contributed by atoms with E-state index in [1.165, 1.54) is 83.5 Å². The molecule has 1 fully saturated rings. The Bertz CT molecular complexity index is 395. The van der Waals surface area contributed by atoms with Crippen molar-refractivity contribution in [3.63, 3.8) is 0 Å². The van der Waals surface area contributed by atoms with Crippen molar-refractivity contribution in [3.8, 4) is 0 Å². The van der Waals surface area contributed by atoms with E-state index in [1.807, 2.05) is 0 Å². The zero-order valence-corrected chi connectivity index (χ0v) is 19.9. The molecule has 0 amide bonds. The van der Waals surface area contributed by atoms with Crippen LogP contribution in [0.4, 0.5) is 0 Å². The first-order valence-corrected chi connectivity index (χ1v) is 13.1. The highest BCUT2D eigenvalue weighted by Crippen LogP contribution is 2.44. The number of rotatable bonds is 21. The molecule has 0 radical (unpaired) electrons. The van der Waals surface area contributed by atoms with E-state index in [2.05, 4.69) is 20.8 Å². The van der Waals surface area contributed by atoms with Crippen molar-refractivity contribution in [2.45, 2.75) is 161 Å². The molecular weight excluding hydrogens is 360 g/mol. The molecule has 0 aromatic carbocycles. The van der Waals surface area contributed by atoms with Gasteiger partial charge in [0.2, 0.25) is 5.79 Å². The van der Waals surface area contributed by atoms with Crippen LogP contribution < -0.4 is 0 Å². The van der Waals surface area contributed by atoms with Gasteiger partial charge in [-0.15, -0.1) is 0 Å². The van der Waals surface area contributed by atoms with E-state index in [4.69, 9.17) is 9.47 Å². The van der Waals surface area contributed by atoms with Crippen molar-refractivity contribution in [1.29, 1.82) is 0 Å². The van der Waals surface area contributed by atoms with Crippen LogP contribution in [0.25, 0.3) is 0 Å². The molecule has 1 aliphatic rings. The van der Waals surface area contributed by atoms with E-state index >= 15 is 0 Å². The van der Waals surface area contributed by atoms with Crippen LogP contribution in [0, 0.1) is 0 Å². The summed E-state index contributed by atoms with van der Waals surface area (Å²) in [7, 11) is 0. The lowest BCUT2D eigenvalue weighted by molar-refractivity contribution is -0.160. The van der Waals surface area contributed by atoms with Crippen LogP contribution in [0.1, 0.15) is 149 Å². The summed E-state index contributed by atoms with van der Waals surface area (Å²) in [5, 5.41) is 0. The van der Waals surface area contributed by atoms with E-state index in [9.17, 15) is 4.79 Å². The standard InChI is InChI=1S/C26H50O3/c1-4-7-9-10-11-12-13-14-15-16-17-18-19-20-21-22-25(27)29-26(23-8-5-2)24(6-3)28-26/h24H,4-23H2,1-3H3. The van der Waals surface area contributed by atoms with Gasteiger partial charge in [0.25, 0.3) is 0 Å². The van der Waals surface area contributed by atoms with E-state index in [0.717, 1.165) is 38.5 Å². The summed E-state index contributed by atoms with van der Waals surface area (Å²) in [4.78, 5) is 12.2. The molecule has 2 atom stereocenters. The number of hydrogen-bond donors (Lipinski definition) is 0. The summed E-state index contributed by atoms with van der Waals surface area (Å²) in [5.74, 6) is -0.635. The lowest BCUT2D eigenvalue weighted by Crippen LogP contribution is -2.24. The molecule has 0 bridgehead atoms. The van der Waals surface area contributed by atoms with E-state index in [-0.39, 0.29) is 12.1 Å². The Morgan fingerprint density at radius 3 is 1.55 bits per heavy atom. The van der Waals surface area contributed by atoms with E-state index in [1.54, 1.807) is 0 Å². The minimum atomic E-state index is -0.572. The van der Waals surface area contributed by atoms with Crippen LogP contribution in [0.3, 0.4) is 0 Å². The Morgan fingerprint density at radius 2 is 1.14 bits per heavy atom. The molecule has 0 saturated carbocycles. The van der Waals surface area contributed by atoms with Crippen LogP contribution in [0.5, 0.6) is 0 Å². The first kappa shape index (κ1) is 26.5. The minimum absolute atomic E-state index is 0.0632. The van der Waals surface area contributed by atoms with Crippen LogP contribution in [0.2, 0.25) is 0 Å². The predicted octanol–water partition coefficient (Wildman–Crippen LogP) is 8.49. The predicted molar refractivity (Wildman–Crippen MR) is 123 cm³/mol. The average molecular weight is 411 g/mol. The third-order valence-electron chi connectivity index (χ3n) is 6.30. The zero-order chi connectivity index (χ0) is 21.2. The first-order chi connectivity index (χ1) is 14.2. The molecular formula is C26H50O3. The normalized spacial score (nSPS) is 20.7. The van der Waals surface area contributed by atoms with Crippen molar-refractivity contribution in [2.24, 2.45) is 0 Å². The molecule has 0 N–H and O–H groups in total. The molecule has 1 saturated heterocycles. The van der Waals surface area contributed by atoms with Gasteiger partial charge in [0, 0.05) is 12.8 Å². The number of carbonyl (C=O) groups is 1. The number of esters is 1. The quantitative estimate of drug-likeness (QED) is 0.108. The van der Waals surface area contributed by atoms with Gasteiger partial charge >= 0.3 is 5.97 Å². The highest BCUT2D eigenvalue weighted by atomic mass is 16.8. The van der Waals surface area contributed by atoms with Gasteiger partial charge in [-0.05, 0) is 19.3 Å². The fourth-order valence-electron chi connectivity index (χ4n) is 4.27. The topological polar surface area (TPSA) is 38.8 Å². The Labute approximate surface area is 181 Å². The molecule has 0 aromatic rings. The number of unbranched alkanes of at least 4 members (excludes halogenated alkanes) is 15. The maximum absolute atomic E-state index is 12.2. The van der Waals surface area contributed by atoms with Crippen molar-refractivity contribution in [1.82, 2.24) is 0 Å². The zero-order valence-electron chi connectivity index (χ0n) is 19.9. The smallest absolute Gasteiger partial charge is 0.308 e. The van der Waals surface area contributed by atoms with Gasteiger partial charge in [0.05, 0.1) is 0 Å². The molecule has 172 valence electrons. The summed E-state index contributed by atoms with van der Waals surface area (Å²) >= 11 is 0. The van der Waals surface area contributed by atoms with E-state index in [0.29, 0.717) is 6.42 Å². The van der Waals surface area contributed by atoms with Crippen molar-refractivity contribution >= 4 is 5.97 Å². The summed E-state index contributed by atoms with van der Waals surface area (Å²) in [6.07, 6.45) is 24.8. The second kappa shape index (κ2) is 17.1. The Hall–Kier alpha value is -0.570. The highest BCUT2D eigenvalue weighted by Gasteiger charge is 2.58. The van der Waals surface area contributed by atoms with Gasteiger partial charge in [0.15, 0.2) is 0 Å². The monoisotopic (exact) mass is 410 g/mol. The fourth-order valence-corrected chi connectivity index (χ4v) is 4.27. The number of epoxide rings is 1. The van der Waals surface area contributed by atoms with Crippen molar-refractivity contribution < 1.29 is 14.3 Å². The number of hydrogen-bond acceptors (Lipinski definition) is 3. The summed E-state index contributed by atoms with van der Waals surface area (Å²) in [6.45, 7) is 6.54. The summed E-state index contributed by atoms with van der Waals surface area (Å²) < 4.78 is 11.4. The summed E-state index contributed by atoms with van der Waals surface area (Å²) in [5.41, 5.74) is 0. The van der Waals surface area contributed by atoms with Crippen molar-refractivity contribution in [3.05, 3.63) is 0 Å². The SMILES string of the molecule is CCCCCCCCCCCCCCCCCC(=O)OC1(CCCC)OC1CC. The van der Waals surface area contributed by atoms with Gasteiger partial charge in [-0.3, -0.25) is 4.79 Å². The lowest BCUT2D eigenvalue weighted by Gasteiger charge is -2.14. The fraction of sp³-hybridized carbons (Fsp3) is 0.962. The largest absolute Gasteiger partial charge is 0.430 e. The molecule has 0 aromatic heterocycles. The van der Waals surface area contributed by atoms with E-state index < -0.39 is 5.79 Å². The Kier molecular flexibility index (Phi) is 15.6. The second-order valence-corrected chi connectivity index (χ2v) is 9.10. The van der Waals surface area contributed by atoms with Gasteiger partial charge < -0.3 is 9.47 Å². The molecule has 3 heteroatoms. The maximum atomic E-state index is 12.2. The van der Waals surface area contributed by atoms with Crippen LogP contribution >= 0.6 is 0 Å². The molecule has 1 heterocycles. The molecule has 2 unspecified atom stereocenters. The molecule has 3 nitrogen and oxygen atoms in total. The highest BCUT2D eigenvalue weighted by molar-refractivity contribution is 5.70. The van der Waals surface area contributed by atoms with Crippen LogP contribution in [-0.2, 0) is 14.3 Å². The molecule has 1 rings (SSSR count). The van der Waals surface area contributed by atoms with Crippen molar-refractivity contribution in [2.75, 3.05) is 0 Å². The third kappa shape index (κ3) is 12.7. The first-order valence-electron chi connectivity index (χ1n) is 13.1. The minimum Gasteiger partial charge on any atom is -0.430 e. The molecule has 1 aliphatic heterocycles. The number of ether oxygens (including phenoxy) is 2. The average Bonchev–Trinajstić information content (AvgIpc) is 3.42. The third-order valence-corrected chi connectivity index (χ3v) is 6.30. The Morgan fingerprint density at radius 1 is 0.690 bits per heavy atom. The van der Waals surface area contributed by atoms with Crippen LogP contribution in [0.15, 0.2) is 0 Å². The molecule has 0 aliphatic carbocycles. The Balaban J connectivity index is 1.86. The van der Waals surface area contributed by atoms with Gasteiger partial charge in [-0.25, -0.2) is 0 Å². The maximum Gasteiger partial charge on any atom is 0.308 e. The van der Waals surface area contributed by atoms with Gasteiger partial charge in [-0.2, -0.15) is 0 Å². The van der Waals surface area contributed by atoms with Gasteiger partial charge in [0.1, 0.15) is 6.10 Å². The molecule has 29 heavy (non-hydrogen) atoms. The second-order valence-electron chi connectivity index (χ2n) is 9.10. The lowest BCUT2D eigenvalue weighted by atomic mass is 10.0. The van der Waals surface area contributed by atoms with Gasteiger partial charge in [-0.1, -0.05) is 117 Å². The van der Waals surface area contributed by atoms with Crippen LogP contribution in [-0.4, -0.2) is 17.9 Å².